The van der Waals surface area contributed by atoms with Gasteiger partial charge < -0.3 is 20.7 Å². The molecule has 0 aliphatic rings. The number of esters is 1. The summed E-state index contributed by atoms with van der Waals surface area (Å²) in [6, 6.07) is 13.6. The summed E-state index contributed by atoms with van der Waals surface area (Å²) in [4.78, 5) is 35.4. The lowest BCUT2D eigenvalue weighted by Gasteiger charge is -2.11. The van der Waals surface area contributed by atoms with Crippen molar-refractivity contribution in [1.82, 2.24) is 5.32 Å². The maximum Gasteiger partial charge on any atom is 0.337 e. The van der Waals surface area contributed by atoms with Crippen LogP contribution in [0.1, 0.15) is 22.3 Å². The summed E-state index contributed by atoms with van der Waals surface area (Å²) in [6.07, 6.45) is 0.101. The Hall–Kier alpha value is -3.35. The fourth-order valence-electron chi connectivity index (χ4n) is 2.20. The highest BCUT2D eigenvalue weighted by Crippen LogP contribution is 2.17. The summed E-state index contributed by atoms with van der Waals surface area (Å²) < 4.78 is 4.67. The highest BCUT2D eigenvalue weighted by Gasteiger charge is 2.10. The quantitative estimate of drug-likeness (QED) is 0.694. The van der Waals surface area contributed by atoms with E-state index in [1.165, 1.54) is 7.11 Å². The Bertz CT molecular complexity index is 791. The van der Waals surface area contributed by atoms with Gasteiger partial charge in [-0.3, -0.25) is 4.79 Å². The molecule has 0 unspecified atom stereocenters. The molecule has 0 bridgehead atoms. The van der Waals surface area contributed by atoms with Crippen LogP contribution in [0.15, 0.2) is 48.5 Å². The van der Waals surface area contributed by atoms with Gasteiger partial charge in [-0.15, -0.1) is 0 Å². The molecular weight excluding hydrogens is 334 g/mol. The van der Waals surface area contributed by atoms with Gasteiger partial charge in [0.25, 0.3) is 0 Å². The number of nitrogens with one attached hydrogen (secondary N) is 3. The van der Waals surface area contributed by atoms with Gasteiger partial charge >= 0.3 is 12.0 Å². The normalized spacial score (nSPS) is 9.92. The van der Waals surface area contributed by atoms with Gasteiger partial charge in [-0.2, -0.15) is 0 Å². The number of amides is 3. The van der Waals surface area contributed by atoms with Crippen molar-refractivity contribution in [3.8, 4) is 0 Å². The molecular formula is C19H21N3O4. The molecule has 0 fully saturated rings. The van der Waals surface area contributed by atoms with E-state index in [1.807, 2.05) is 25.1 Å². The van der Waals surface area contributed by atoms with Crippen LogP contribution in [0.3, 0.4) is 0 Å². The van der Waals surface area contributed by atoms with Crippen LogP contribution in [0.5, 0.6) is 0 Å². The molecule has 7 heteroatoms. The summed E-state index contributed by atoms with van der Waals surface area (Å²) >= 11 is 0. The average molecular weight is 355 g/mol. The van der Waals surface area contributed by atoms with Gasteiger partial charge in [0.15, 0.2) is 0 Å². The molecule has 0 spiro atoms. The van der Waals surface area contributed by atoms with Crippen molar-refractivity contribution < 1.29 is 19.1 Å². The van der Waals surface area contributed by atoms with E-state index in [4.69, 9.17) is 0 Å². The first kappa shape index (κ1) is 19.0. The van der Waals surface area contributed by atoms with Gasteiger partial charge in [-0.25, -0.2) is 9.59 Å². The SMILES string of the molecule is COC(=O)c1ccc(C)c(NC(=O)CCNC(=O)Nc2ccccc2)c1. The minimum Gasteiger partial charge on any atom is -0.465 e. The van der Waals surface area contributed by atoms with Crippen molar-refractivity contribution in [2.45, 2.75) is 13.3 Å². The van der Waals surface area contributed by atoms with Crippen LogP contribution >= 0.6 is 0 Å². The first-order chi connectivity index (χ1) is 12.5. The number of benzene rings is 2. The number of carbonyl (C=O) groups excluding carboxylic acids is 3. The van der Waals surface area contributed by atoms with E-state index in [-0.39, 0.29) is 24.9 Å². The second kappa shape index (κ2) is 9.22. The Morgan fingerprint density at radius 2 is 1.73 bits per heavy atom. The Morgan fingerprint density at radius 3 is 2.42 bits per heavy atom. The van der Waals surface area contributed by atoms with Crippen LogP contribution in [0, 0.1) is 6.92 Å². The summed E-state index contributed by atoms with van der Waals surface area (Å²) in [6.45, 7) is 2.00. The monoisotopic (exact) mass is 355 g/mol. The van der Waals surface area contributed by atoms with Gasteiger partial charge in [-0.05, 0) is 36.8 Å². The molecule has 7 nitrogen and oxygen atoms in total. The zero-order valence-electron chi connectivity index (χ0n) is 14.7. The van der Waals surface area contributed by atoms with E-state index >= 15 is 0 Å². The van der Waals surface area contributed by atoms with Crippen LogP contribution in [0.4, 0.5) is 16.2 Å². The van der Waals surface area contributed by atoms with E-state index in [9.17, 15) is 14.4 Å². The molecule has 26 heavy (non-hydrogen) atoms. The molecule has 0 aromatic heterocycles. The second-order valence-corrected chi connectivity index (χ2v) is 5.57. The fourth-order valence-corrected chi connectivity index (χ4v) is 2.20. The molecule has 0 saturated carbocycles. The molecule has 0 saturated heterocycles. The van der Waals surface area contributed by atoms with Gasteiger partial charge in [0, 0.05) is 24.3 Å². The molecule has 2 aromatic carbocycles. The van der Waals surface area contributed by atoms with Crippen LogP contribution in [0.25, 0.3) is 0 Å². The highest BCUT2D eigenvalue weighted by molar-refractivity contribution is 5.95. The zero-order chi connectivity index (χ0) is 18.9. The number of methoxy groups -OCH3 is 1. The zero-order valence-corrected chi connectivity index (χ0v) is 14.7. The minimum absolute atomic E-state index is 0.101. The third kappa shape index (κ3) is 5.62. The Labute approximate surface area is 151 Å². The third-order valence-electron chi connectivity index (χ3n) is 3.60. The molecule has 0 aliphatic heterocycles. The van der Waals surface area contributed by atoms with Crippen LogP contribution in [-0.4, -0.2) is 31.6 Å². The summed E-state index contributed by atoms with van der Waals surface area (Å²) in [5, 5.41) is 8.02. The second-order valence-electron chi connectivity index (χ2n) is 5.57. The topological polar surface area (TPSA) is 96.5 Å². The van der Waals surface area contributed by atoms with E-state index in [0.717, 1.165) is 5.56 Å². The van der Waals surface area contributed by atoms with Crippen molar-refractivity contribution in [2.75, 3.05) is 24.3 Å². The van der Waals surface area contributed by atoms with E-state index in [1.54, 1.807) is 30.3 Å². The number of urea groups is 1. The number of rotatable bonds is 6. The molecule has 3 N–H and O–H groups in total. The van der Waals surface area contributed by atoms with E-state index in [2.05, 4.69) is 20.7 Å². The number of aryl methyl sites for hydroxylation is 1. The Kier molecular flexibility index (Phi) is 6.73. The molecule has 2 aromatic rings. The van der Waals surface area contributed by atoms with E-state index < -0.39 is 5.97 Å². The fraction of sp³-hybridized carbons (Fsp3) is 0.211. The average Bonchev–Trinajstić information content (AvgIpc) is 2.63. The third-order valence-corrected chi connectivity index (χ3v) is 3.60. The number of anilines is 2. The number of para-hydroxylation sites is 1. The van der Waals surface area contributed by atoms with Crippen LogP contribution in [-0.2, 0) is 9.53 Å². The van der Waals surface area contributed by atoms with Crippen molar-refractivity contribution in [2.24, 2.45) is 0 Å². The predicted molar refractivity (Wildman–Crippen MR) is 99.2 cm³/mol. The summed E-state index contributed by atoms with van der Waals surface area (Å²) in [5.41, 5.74) is 2.38. The Balaban J connectivity index is 1.82. The molecule has 0 atom stereocenters. The highest BCUT2D eigenvalue weighted by atomic mass is 16.5. The maximum atomic E-state index is 12.1. The minimum atomic E-state index is -0.472. The molecule has 3 amide bonds. The smallest absolute Gasteiger partial charge is 0.337 e. The van der Waals surface area contributed by atoms with Crippen LogP contribution in [0.2, 0.25) is 0 Å². The molecule has 136 valence electrons. The predicted octanol–water partition coefficient (Wildman–Crippen LogP) is 2.93. The summed E-state index contributed by atoms with van der Waals surface area (Å²) in [5.74, 6) is -0.741. The number of hydrogen-bond acceptors (Lipinski definition) is 4. The Morgan fingerprint density at radius 1 is 1.00 bits per heavy atom. The van der Waals surface area contributed by atoms with Gasteiger partial charge in [-0.1, -0.05) is 24.3 Å². The molecule has 2 rings (SSSR count). The van der Waals surface area contributed by atoms with Gasteiger partial charge in [0.2, 0.25) is 5.91 Å². The standard InChI is InChI=1S/C19H21N3O4/c1-13-8-9-14(18(24)26-2)12-16(13)22-17(23)10-11-20-19(25)21-15-6-4-3-5-7-15/h3-9,12H,10-11H2,1-2H3,(H,22,23)(H2,20,21,25). The number of carbonyl (C=O) groups is 3. The van der Waals surface area contributed by atoms with E-state index in [0.29, 0.717) is 16.9 Å². The molecule has 0 aliphatic carbocycles. The maximum absolute atomic E-state index is 12.1. The van der Waals surface area contributed by atoms with Crippen molar-refractivity contribution in [1.29, 1.82) is 0 Å². The lowest BCUT2D eigenvalue weighted by Crippen LogP contribution is -2.31. The van der Waals surface area contributed by atoms with Gasteiger partial charge in [0.05, 0.1) is 12.7 Å². The lowest BCUT2D eigenvalue weighted by atomic mass is 10.1. The summed E-state index contributed by atoms with van der Waals surface area (Å²) in [7, 11) is 1.30. The lowest BCUT2D eigenvalue weighted by molar-refractivity contribution is -0.116. The van der Waals surface area contributed by atoms with Gasteiger partial charge in [0.1, 0.15) is 0 Å². The molecule has 0 heterocycles. The molecule has 0 radical (unpaired) electrons. The van der Waals surface area contributed by atoms with Crippen molar-refractivity contribution in [3.05, 3.63) is 59.7 Å². The first-order valence-electron chi connectivity index (χ1n) is 8.08. The first-order valence-corrected chi connectivity index (χ1v) is 8.08. The van der Waals surface area contributed by atoms with Crippen LogP contribution < -0.4 is 16.0 Å². The number of ether oxygens (including phenoxy) is 1. The number of hydrogen-bond donors (Lipinski definition) is 3. The van der Waals surface area contributed by atoms with Crippen molar-refractivity contribution >= 4 is 29.3 Å². The largest absolute Gasteiger partial charge is 0.465 e. The van der Waals surface area contributed by atoms with Crippen molar-refractivity contribution in [3.63, 3.8) is 0 Å².